The van der Waals surface area contributed by atoms with Crippen molar-refractivity contribution < 1.29 is 37.4 Å². The van der Waals surface area contributed by atoms with E-state index in [4.69, 9.17) is 0 Å². The molecule has 0 bridgehead atoms. The van der Waals surface area contributed by atoms with Crippen molar-refractivity contribution in [1.29, 1.82) is 0 Å². The van der Waals surface area contributed by atoms with Gasteiger partial charge in [-0.2, -0.15) is 0 Å². The van der Waals surface area contributed by atoms with E-state index in [-0.39, 0.29) is 48.4 Å². The van der Waals surface area contributed by atoms with Crippen LogP contribution in [0.3, 0.4) is 0 Å². The van der Waals surface area contributed by atoms with E-state index < -0.39 is 24.0 Å². The number of halogens is 3. The van der Waals surface area contributed by atoms with Crippen LogP contribution in [0, 0.1) is 5.92 Å². The SMILES string of the molecule is O=C(O)CCC(=O)N(C1CCC1)[C@H]1c2ccccc2N(C(=O)c2cccc(OC(F)(F)F)c2)[C@@H]2CCC[C@@H]21. The highest BCUT2D eigenvalue weighted by Gasteiger charge is 2.50. The maximum atomic E-state index is 13.9. The molecule has 3 aliphatic rings. The Labute approximate surface area is 218 Å². The number of carbonyl (C=O) groups is 3. The molecule has 1 aliphatic heterocycles. The van der Waals surface area contributed by atoms with Gasteiger partial charge in [-0.1, -0.05) is 30.7 Å². The van der Waals surface area contributed by atoms with Gasteiger partial charge in [-0.05, 0) is 61.9 Å². The van der Waals surface area contributed by atoms with E-state index in [0.717, 1.165) is 49.8 Å². The molecule has 0 aromatic heterocycles. The summed E-state index contributed by atoms with van der Waals surface area (Å²) in [6.07, 6.45) is -0.197. The topological polar surface area (TPSA) is 87.2 Å². The third kappa shape index (κ3) is 5.08. The second-order valence-electron chi connectivity index (χ2n) is 10.2. The number of nitrogens with zero attached hydrogens (tertiary/aromatic N) is 2. The van der Waals surface area contributed by atoms with Crippen molar-refractivity contribution >= 4 is 23.5 Å². The zero-order chi connectivity index (χ0) is 27.0. The van der Waals surface area contributed by atoms with E-state index in [9.17, 15) is 32.7 Å². The minimum absolute atomic E-state index is 0.0223. The summed E-state index contributed by atoms with van der Waals surface area (Å²) in [5.41, 5.74) is 1.52. The first-order valence-electron chi connectivity index (χ1n) is 13.0. The van der Waals surface area contributed by atoms with E-state index >= 15 is 0 Å². The Balaban J connectivity index is 1.53. The number of amides is 2. The van der Waals surface area contributed by atoms with Crippen LogP contribution in [0.4, 0.5) is 18.9 Å². The van der Waals surface area contributed by atoms with E-state index in [0.29, 0.717) is 12.1 Å². The smallest absolute Gasteiger partial charge is 0.481 e. The zero-order valence-corrected chi connectivity index (χ0v) is 20.7. The average Bonchev–Trinajstić information content (AvgIpc) is 3.31. The largest absolute Gasteiger partial charge is 0.573 e. The molecule has 1 heterocycles. The molecule has 0 radical (unpaired) electrons. The van der Waals surface area contributed by atoms with Crippen LogP contribution in [0.15, 0.2) is 48.5 Å². The lowest BCUT2D eigenvalue weighted by atomic mass is 9.78. The van der Waals surface area contributed by atoms with Gasteiger partial charge in [0.1, 0.15) is 5.75 Å². The number of fused-ring (bicyclic) bond motifs is 2. The molecule has 2 fully saturated rings. The van der Waals surface area contributed by atoms with Crippen molar-refractivity contribution in [2.75, 3.05) is 4.90 Å². The molecule has 10 heteroatoms. The maximum Gasteiger partial charge on any atom is 0.573 e. The van der Waals surface area contributed by atoms with Gasteiger partial charge in [-0.25, -0.2) is 0 Å². The molecule has 2 aliphatic carbocycles. The minimum atomic E-state index is -4.87. The summed E-state index contributed by atoms with van der Waals surface area (Å²) in [6, 6.07) is 11.9. The monoisotopic (exact) mass is 530 g/mol. The number of carboxylic acid groups (broad SMARTS) is 1. The molecular weight excluding hydrogens is 501 g/mol. The van der Waals surface area contributed by atoms with Crippen LogP contribution in [0.2, 0.25) is 0 Å². The van der Waals surface area contributed by atoms with Crippen molar-refractivity contribution in [2.45, 2.75) is 75.9 Å². The number of aliphatic carboxylic acids is 1. The normalized spacial score (nSPS) is 22.7. The quantitative estimate of drug-likeness (QED) is 0.496. The van der Waals surface area contributed by atoms with Crippen LogP contribution in [-0.4, -0.2) is 46.2 Å². The van der Waals surface area contributed by atoms with Gasteiger partial charge in [-0.15, -0.1) is 13.2 Å². The minimum Gasteiger partial charge on any atom is -0.481 e. The Kier molecular flexibility index (Phi) is 7.07. The third-order valence-corrected chi connectivity index (χ3v) is 7.93. The summed E-state index contributed by atoms with van der Waals surface area (Å²) in [5.74, 6) is -2.18. The van der Waals surface area contributed by atoms with Gasteiger partial charge in [0, 0.05) is 35.7 Å². The highest BCUT2D eigenvalue weighted by atomic mass is 19.4. The van der Waals surface area contributed by atoms with Crippen molar-refractivity contribution in [3.63, 3.8) is 0 Å². The van der Waals surface area contributed by atoms with Crippen LogP contribution in [0.25, 0.3) is 0 Å². The predicted molar refractivity (Wildman–Crippen MR) is 132 cm³/mol. The molecule has 3 atom stereocenters. The van der Waals surface area contributed by atoms with Crippen LogP contribution >= 0.6 is 0 Å². The van der Waals surface area contributed by atoms with E-state index in [1.54, 1.807) is 11.0 Å². The van der Waals surface area contributed by atoms with Gasteiger partial charge in [0.15, 0.2) is 0 Å². The Morgan fingerprint density at radius 3 is 2.39 bits per heavy atom. The van der Waals surface area contributed by atoms with Gasteiger partial charge < -0.3 is 19.6 Å². The maximum absolute atomic E-state index is 13.9. The number of ether oxygens (including phenoxy) is 1. The molecule has 1 N–H and O–H groups in total. The number of hydrogen-bond acceptors (Lipinski definition) is 4. The summed E-state index contributed by atoms with van der Waals surface area (Å²) < 4.78 is 42.4. The Bertz CT molecular complexity index is 1230. The molecule has 2 amide bonds. The number of carboxylic acids is 1. The van der Waals surface area contributed by atoms with Gasteiger partial charge in [0.2, 0.25) is 5.91 Å². The summed E-state index contributed by atoms with van der Waals surface area (Å²) >= 11 is 0. The molecule has 0 spiro atoms. The Morgan fingerprint density at radius 1 is 0.974 bits per heavy atom. The van der Waals surface area contributed by atoms with Crippen molar-refractivity contribution in [2.24, 2.45) is 5.92 Å². The fraction of sp³-hybridized carbons (Fsp3) is 0.464. The standard InChI is InChI=1S/C28H29F3N2O5/c29-28(30,31)38-19-9-3-6-17(16-19)27(37)33-22-12-2-1-10-20(22)26(21-11-5-13-23(21)33)32(18-7-4-8-18)24(34)14-15-25(35)36/h1-3,6,9-10,12,16,18,21,23,26H,4-5,7-8,11,13-15H2,(H,35,36)/t21-,23+,26-/m0/s1. The van der Waals surface area contributed by atoms with Gasteiger partial charge >= 0.3 is 12.3 Å². The van der Waals surface area contributed by atoms with Crippen LogP contribution in [0.1, 0.15) is 73.3 Å². The molecule has 38 heavy (non-hydrogen) atoms. The van der Waals surface area contributed by atoms with Gasteiger partial charge in [0.05, 0.1) is 12.5 Å². The molecule has 202 valence electrons. The first-order valence-corrected chi connectivity index (χ1v) is 13.0. The van der Waals surface area contributed by atoms with E-state index in [2.05, 4.69) is 4.74 Å². The average molecular weight is 531 g/mol. The number of carbonyl (C=O) groups excluding carboxylic acids is 2. The highest BCUT2D eigenvalue weighted by molar-refractivity contribution is 6.07. The summed E-state index contributed by atoms with van der Waals surface area (Å²) in [4.78, 5) is 42.1. The molecule has 0 unspecified atom stereocenters. The molecule has 2 saturated carbocycles. The lowest BCUT2D eigenvalue weighted by molar-refractivity contribution is -0.274. The van der Waals surface area contributed by atoms with Crippen LogP contribution in [0.5, 0.6) is 5.75 Å². The van der Waals surface area contributed by atoms with Gasteiger partial charge in [0.25, 0.3) is 5.91 Å². The fourth-order valence-electron chi connectivity index (χ4n) is 6.20. The summed E-state index contributed by atoms with van der Waals surface area (Å²) in [5, 5.41) is 9.17. The van der Waals surface area contributed by atoms with Crippen LogP contribution in [-0.2, 0) is 9.59 Å². The first kappa shape index (κ1) is 26.1. The number of rotatable bonds is 7. The first-order chi connectivity index (χ1) is 18.1. The molecule has 2 aromatic rings. The Hall–Kier alpha value is -3.56. The molecule has 7 nitrogen and oxygen atoms in total. The molecule has 0 saturated heterocycles. The Morgan fingerprint density at radius 2 is 1.71 bits per heavy atom. The second-order valence-corrected chi connectivity index (χ2v) is 10.2. The molecular formula is C28H29F3N2O5. The van der Waals surface area contributed by atoms with E-state index in [1.807, 2.05) is 23.1 Å². The lowest BCUT2D eigenvalue weighted by Crippen LogP contribution is -2.55. The number of para-hydroxylation sites is 1. The molecule has 5 rings (SSSR count). The number of hydrogen-bond donors (Lipinski definition) is 1. The summed E-state index contributed by atoms with van der Waals surface area (Å²) in [6.45, 7) is 0. The van der Waals surface area contributed by atoms with Crippen molar-refractivity contribution in [3.05, 3.63) is 59.7 Å². The predicted octanol–water partition coefficient (Wildman–Crippen LogP) is 5.70. The fourth-order valence-corrected chi connectivity index (χ4v) is 6.20. The van der Waals surface area contributed by atoms with Crippen molar-refractivity contribution in [3.8, 4) is 5.75 Å². The number of benzene rings is 2. The van der Waals surface area contributed by atoms with Crippen LogP contribution < -0.4 is 9.64 Å². The highest BCUT2D eigenvalue weighted by Crippen LogP contribution is 2.52. The van der Waals surface area contributed by atoms with Crippen molar-refractivity contribution in [1.82, 2.24) is 4.90 Å². The summed E-state index contributed by atoms with van der Waals surface area (Å²) in [7, 11) is 0. The number of alkyl halides is 3. The van der Waals surface area contributed by atoms with Gasteiger partial charge in [-0.3, -0.25) is 14.4 Å². The van der Waals surface area contributed by atoms with E-state index in [1.165, 1.54) is 12.1 Å². The number of anilines is 1. The molecule has 2 aromatic carbocycles. The lowest BCUT2D eigenvalue weighted by Gasteiger charge is -2.51. The zero-order valence-electron chi connectivity index (χ0n) is 20.7. The third-order valence-electron chi connectivity index (χ3n) is 7.93. The second kappa shape index (κ2) is 10.3.